The average Bonchev–Trinajstić information content (AvgIpc) is 2.87. The van der Waals surface area contributed by atoms with Crippen molar-refractivity contribution in [2.24, 2.45) is 5.92 Å². The molecule has 2 heterocycles. The second kappa shape index (κ2) is 7.81. The van der Waals surface area contributed by atoms with Crippen LogP contribution >= 0.6 is 0 Å². The number of likely N-dealkylation sites (tertiary alicyclic amines) is 1. The van der Waals surface area contributed by atoms with Gasteiger partial charge in [-0.15, -0.1) is 0 Å². The van der Waals surface area contributed by atoms with Crippen LogP contribution in [0.4, 0.5) is 0 Å². The van der Waals surface area contributed by atoms with Gasteiger partial charge in [0.05, 0.1) is 19.2 Å². The first-order valence-corrected chi connectivity index (χ1v) is 7.71. The van der Waals surface area contributed by atoms with E-state index in [1.165, 1.54) is 0 Å². The van der Waals surface area contributed by atoms with E-state index in [9.17, 15) is 0 Å². The number of ether oxygens (including phenoxy) is 1. The highest BCUT2D eigenvalue weighted by molar-refractivity contribution is 5.07. The minimum absolute atomic E-state index is 0.443. The highest BCUT2D eigenvalue weighted by Crippen LogP contribution is 2.17. The fraction of sp³-hybridized carbons (Fsp3) is 0.750. The first-order chi connectivity index (χ1) is 9.67. The third kappa shape index (κ3) is 4.93. The summed E-state index contributed by atoms with van der Waals surface area (Å²) >= 11 is 0. The third-order valence-corrected chi connectivity index (χ3v) is 3.82. The molecule has 0 aromatic carbocycles. The Morgan fingerprint density at radius 1 is 1.30 bits per heavy atom. The molecule has 1 saturated heterocycles. The summed E-state index contributed by atoms with van der Waals surface area (Å²) in [7, 11) is 1.81. The Labute approximate surface area is 122 Å². The molecule has 1 aliphatic rings. The smallest absolute Gasteiger partial charge is 0.118 e. The van der Waals surface area contributed by atoms with Crippen molar-refractivity contribution < 1.29 is 9.15 Å². The largest absolute Gasteiger partial charge is 0.463 e. The topological polar surface area (TPSA) is 37.6 Å². The molecular formula is C16H28N2O2. The maximum Gasteiger partial charge on any atom is 0.118 e. The Kier molecular flexibility index (Phi) is 6.07. The maximum absolute atomic E-state index is 5.89. The van der Waals surface area contributed by atoms with Crippen LogP contribution in [0.25, 0.3) is 0 Å². The standard InChI is InChI=1S/C16H28N2O2/c1-13(2)10-17-11-15-4-5-16(20-15)12-18-8-6-14(19-3)7-9-18/h4-5,13-14,17H,6-12H2,1-3H3. The summed E-state index contributed by atoms with van der Waals surface area (Å²) < 4.78 is 11.3. The Morgan fingerprint density at radius 3 is 2.65 bits per heavy atom. The van der Waals surface area contributed by atoms with Crippen LogP contribution in [0.3, 0.4) is 0 Å². The van der Waals surface area contributed by atoms with Gasteiger partial charge in [-0.2, -0.15) is 0 Å². The van der Waals surface area contributed by atoms with Gasteiger partial charge in [-0.1, -0.05) is 13.8 Å². The van der Waals surface area contributed by atoms with Crippen LogP contribution in [0.5, 0.6) is 0 Å². The van der Waals surface area contributed by atoms with E-state index in [0.29, 0.717) is 12.0 Å². The lowest BCUT2D eigenvalue weighted by atomic mass is 10.1. The number of hydrogen-bond donors (Lipinski definition) is 1. The zero-order valence-corrected chi connectivity index (χ0v) is 13.0. The zero-order chi connectivity index (χ0) is 14.4. The maximum atomic E-state index is 5.89. The van der Waals surface area contributed by atoms with E-state index < -0.39 is 0 Å². The second-order valence-electron chi connectivity index (χ2n) is 6.10. The summed E-state index contributed by atoms with van der Waals surface area (Å²) in [4.78, 5) is 2.44. The SMILES string of the molecule is COC1CCN(Cc2ccc(CNCC(C)C)o2)CC1. The lowest BCUT2D eigenvalue weighted by Gasteiger charge is -2.30. The quantitative estimate of drug-likeness (QED) is 0.833. The van der Waals surface area contributed by atoms with Crippen molar-refractivity contribution in [1.82, 2.24) is 10.2 Å². The highest BCUT2D eigenvalue weighted by atomic mass is 16.5. The summed E-state index contributed by atoms with van der Waals surface area (Å²) in [6.07, 6.45) is 2.69. The summed E-state index contributed by atoms with van der Waals surface area (Å²) in [6.45, 7) is 9.39. The molecule has 0 amide bonds. The van der Waals surface area contributed by atoms with Crippen molar-refractivity contribution in [3.8, 4) is 0 Å². The average molecular weight is 280 g/mol. The molecule has 1 aromatic heterocycles. The van der Waals surface area contributed by atoms with Crippen molar-refractivity contribution in [2.45, 2.75) is 45.9 Å². The van der Waals surface area contributed by atoms with Crippen LogP contribution in [0, 0.1) is 5.92 Å². The Bertz CT molecular complexity index is 382. The fourth-order valence-electron chi connectivity index (χ4n) is 2.61. The second-order valence-corrected chi connectivity index (χ2v) is 6.10. The lowest BCUT2D eigenvalue weighted by Crippen LogP contribution is -2.36. The zero-order valence-electron chi connectivity index (χ0n) is 13.0. The van der Waals surface area contributed by atoms with Crippen LogP contribution in [-0.2, 0) is 17.8 Å². The van der Waals surface area contributed by atoms with Crippen LogP contribution < -0.4 is 5.32 Å². The van der Waals surface area contributed by atoms with Crippen LogP contribution in [0.15, 0.2) is 16.5 Å². The summed E-state index contributed by atoms with van der Waals surface area (Å²) in [6, 6.07) is 4.19. The van der Waals surface area contributed by atoms with Gasteiger partial charge in [0.1, 0.15) is 11.5 Å². The van der Waals surface area contributed by atoms with Gasteiger partial charge in [0.25, 0.3) is 0 Å². The van der Waals surface area contributed by atoms with E-state index in [0.717, 1.165) is 57.1 Å². The van der Waals surface area contributed by atoms with E-state index in [2.05, 4.69) is 36.2 Å². The summed E-state index contributed by atoms with van der Waals surface area (Å²) in [5.41, 5.74) is 0. The Morgan fingerprint density at radius 2 is 2.00 bits per heavy atom. The van der Waals surface area contributed by atoms with Crippen molar-refractivity contribution in [3.63, 3.8) is 0 Å². The van der Waals surface area contributed by atoms with Gasteiger partial charge in [-0.05, 0) is 37.4 Å². The molecule has 0 atom stereocenters. The molecule has 20 heavy (non-hydrogen) atoms. The Hall–Kier alpha value is -0.840. The molecule has 0 spiro atoms. The van der Waals surface area contributed by atoms with Crippen LogP contribution in [0.1, 0.15) is 38.2 Å². The first-order valence-electron chi connectivity index (χ1n) is 7.71. The van der Waals surface area contributed by atoms with E-state index in [1.807, 2.05) is 7.11 Å². The van der Waals surface area contributed by atoms with Gasteiger partial charge < -0.3 is 14.5 Å². The number of rotatable bonds is 7. The number of piperidine rings is 1. The lowest BCUT2D eigenvalue weighted by molar-refractivity contribution is 0.0369. The number of nitrogens with zero attached hydrogens (tertiary/aromatic N) is 1. The molecule has 1 aromatic rings. The molecule has 0 saturated carbocycles. The molecule has 0 bridgehead atoms. The first kappa shape index (κ1) is 15.5. The van der Waals surface area contributed by atoms with Crippen LogP contribution in [-0.4, -0.2) is 37.7 Å². The van der Waals surface area contributed by atoms with E-state index >= 15 is 0 Å². The minimum atomic E-state index is 0.443. The van der Waals surface area contributed by atoms with Gasteiger partial charge >= 0.3 is 0 Å². The van der Waals surface area contributed by atoms with E-state index in [-0.39, 0.29) is 0 Å². The molecule has 2 rings (SSSR count). The van der Waals surface area contributed by atoms with Gasteiger partial charge in [0, 0.05) is 20.2 Å². The molecule has 1 aliphatic heterocycles. The van der Waals surface area contributed by atoms with Gasteiger partial charge in [-0.25, -0.2) is 0 Å². The molecule has 1 fully saturated rings. The molecular weight excluding hydrogens is 252 g/mol. The molecule has 4 nitrogen and oxygen atoms in total. The van der Waals surface area contributed by atoms with Gasteiger partial charge in [0.2, 0.25) is 0 Å². The predicted octanol–water partition coefficient (Wildman–Crippen LogP) is 2.64. The highest BCUT2D eigenvalue weighted by Gasteiger charge is 2.19. The normalized spacial score (nSPS) is 18.0. The van der Waals surface area contributed by atoms with E-state index in [1.54, 1.807) is 0 Å². The number of hydrogen-bond acceptors (Lipinski definition) is 4. The molecule has 4 heteroatoms. The summed E-state index contributed by atoms with van der Waals surface area (Å²) in [5, 5.41) is 3.41. The molecule has 0 aliphatic carbocycles. The molecule has 1 N–H and O–H groups in total. The third-order valence-electron chi connectivity index (χ3n) is 3.82. The van der Waals surface area contributed by atoms with Crippen LogP contribution in [0.2, 0.25) is 0 Å². The number of furan rings is 1. The van der Waals surface area contributed by atoms with Gasteiger partial charge in [0.15, 0.2) is 0 Å². The van der Waals surface area contributed by atoms with Crippen molar-refractivity contribution in [3.05, 3.63) is 23.7 Å². The molecule has 0 unspecified atom stereocenters. The minimum Gasteiger partial charge on any atom is -0.463 e. The molecule has 0 radical (unpaired) electrons. The van der Waals surface area contributed by atoms with Gasteiger partial charge in [-0.3, -0.25) is 4.90 Å². The van der Waals surface area contributed by atoms with E-state index in [4.69, 9.17) is 9.15 Å². The Balaban J connectivity index is 1.72. The predicted molar refractivity (Wildman–Crippen MR) is 80.6 cm³/mol. The summed E-state index contributed by atoms with van der Waals surface area (Å²) in [5.74, 6) is 2.78. The van der Waals surface area contributed by atoms with Crippen molar-refractivity contribution in [1.29, 1.82) is 0 Å². The fourth-order valence-corrected chi connectivity index (χ4v) is 2.61. The monoisotopic (exact) mass is 280 g/mol. The van der Waals surface area contributed by atoms with Crippen molar-refractivity contribution >= 4 is 0 Å². The van der Waals surface area contributed by atoms with Crippen molar-refractivity contribution in [2.75, 3.05) is 26.7 Å². The number of nitrogens with one attached hydrogen (secondary N) is 1. The molecule has 114 valence electrons. The number of methoxy groups -OCH3 is 1.